The van der Waals surface area contributed by atoms with Gasteiger partial charge in [-0.2, -0.15) is 13.2 Å². The summed E-state index contributed by atoms with van der Waals surface area (Å²) in [5, 5.41) is 0. The van der Waals surface area contributed by atoms with E-state index in [1.807, 2.05) is 37.3 Å². The van der Waals surface area contributed by atoms with Crippen LogP contribution in [0.25, 0.3) is 0 Å². The summed E-state index contributed by atoms with van der Waals surface area (Å²) in [4.78, 5) is 14.0. The lowest BCUT2D eigenvalue weighted by atomic mass is 10.1. The molecule has 1 amide bonds. The highest BCUT2D eigenvalue weighted by molar-refractivity contribution is 7.89. The van der Waals surface area contributed by atoms with Crippen molar-refractivity contribution in [2.45, 2.75) is 31.0 Å². The number of alkyl halides is 3. The lowest BCUT2D eigenvalue weighted by molar-refractivity contribution is -0.121. The Labute approximate surface area is 162 Å². The van der Waals surface area contributed by atoms with Gasteiger partial charge in [-0.3, -0.25) is 4.79 Å². The number of sulfonamides is 1. The minimum Gasteiger partial charge on any atom is -0.334 e. The van der Waals surface area contributed by atoms with Crippen LogP contribution in [0.1, 0.15) is 29.3 Å². The van der Waals surface area contributed by atoms with Crippen LogP contribution in [0, 0.1) is 0 Å². The highest BCUT2D eigenvalue weighted by Gasteiger charge is 2.30. The summed E-state index contributed by atoms with van der Waals surface area (Å²) in [7, 11) is -4.39. The topological polar surface area (TPSA) is 66.5 Å². The molecule has 2 aromatic rings. The first kappa shape index (κ1) is 21.9. The van der Waals surface area contributed by atoms with E-state index in [0.717, 1.165) is 17.7 Å². The Morgan fingerprint density at radius 2 is 1.75 bits per heavy atom. The first-order valence-electron chi connectivity index (χ1n) is 8.62. The number of amides is 1. The van der Waals surface area contributed by atoms with Crippen LogP contribution in [0.2, 0.25) is 0 Å². The summed E-state index contributed by atoms with van der Waals surface area (Å²) in [6, 6.07) is 14.3. The van der Waals surface area contributed by atoms with Gasteiger partial charge in [0.05, 0.1) is 4.90 Å². The highest BCUT2D eigenvalue weighted by atomic mass is 32.2. The molecule has 0 spiro atoms. The molecule has 28 heavy (non-hydrogen) atoms. The molecule has 152 valence electrons. The molecule has 0 aliphatic rings. The average Bonchev–Trinajstić information content (AvgIpc) is 2.66. The van der Waals surface area contributed by atoms with Crippen LogP contribution in [-0.2, 0) is 16.6 Å². The number of halogens is 3. The fraction of sp³-hybridized carbons (Fsp3) is 0.316. The Balaban J connectivity index is 2.23. The zero-order valence-electron chi connectivity index (χ0n) is 15.2. The molecule has 1 N–H and O–H groups in total. The first-order chi connectivity index (χ1) is 13.1. The normalized spacial score (nSPS) is 12.0. The fourth-order valence-electron chi connectivity index (χ4n) is 2.57. The predicted molar refractivity (Wildman–Crippen MR) is 99.2 cm³/mol. The molecule has 2 aromatic carbocycles. The largest absolute Gasteiger partial charge is 0.402 e. The molecule has 2 rings (SSSR count). The molecule has 0 heterocycles. The molecule has 0 bridgehead atoms. The van der Waals surface area contributed by atoms with Crippen LogP contribution < -0.4 is 4.72 Å². The van der Waals surface area contributed by atoms with Crippen molar-refractivity contribution in [3.8, 4) is 0 Å². The number of nitrogens with one attached hydrogen (secondary N) is 1. The third kappa shape index (κ3) is 6.35. The summed E-state index contributed by atoms with van der Waals surface area (Å²) >= 11 is 0. The Bertz CT molecular complexity index is 900. The Hall–Kier alpha value is -2.39. The highest BCUT2D eigenvalue weighted by Crippen LogP contribution is 2.18. The van der Waals surface area contributed by atoms with E-state index in [-0.39, 0.29) is 5.56 Å². The second kappa shape index (κ2) is 9.20. The van der Waals surface area contributed by atoms with Crippen molar-refractivity contribution < 1.29 is 26.4 Å². The molecule has 0 aliphatic heterocycles. The van der Waals surface area contributed by atoms with Crippen LogP contribution in [-0.4, -0.2) is 38.5 Å². The van der Waals surface area contributed by atoms with E-state index in [0.29, 0.717) is 19.5 Å². The summed E-state index contributed by atoms with van der Waals surface area (Å²) in [5.41, 5.74) is 1.01. The minimum atomic E-state index is -4.67. The monoisotopic (exact) mass is 414 g/mol. The van der Waals surface area contributed by atoms with Crippen molar-refractivity contribution in [3.05, 3.63) is 65.7 Å². The van der Waals surface area contributed by atoms with E-state index >= 15 is 0 Å². The van der Waals surface area contributed by atoms with E-state index in [2.05, 4.69) is 0 Å². The van der Waals surface area contributed by atoms with Crippen LogP contribution in [0.3, 0.4) is 0 Å². The molecule has 9 heteroatoms. The maximum atomic E-state index is 12.9. The molecule has 0 radical (unpaired) electrons. The molecule has 0 unspecified atom stereocenters. The average molecular weight is 414 g/mol. The maximum absolute atomic E-state index is 12.9. The zero-order valence-corrected chi connectivity index (χ0v) is 16.1. The molecule has 0 fully saturated rings. The van der Waals surface area contributed by atoms with Crippen LogP contribution in [0.4, 0.5) is 13.2 Å². The van der Waals surface area contributed by atoms with Gasteiger partial charge in [0.2, 0.25) is 10.0 Å². The second-order valence-electron chi connectivity index (χ2n) is 6.18. The van der Waals surface area contributed by atoms with Crippen molar-refractivity contribution >= 4 is 15.9 Å². The number of rotatable bonds is 8. The summed E-state index contributed by atoms with van der Waals surface area (Å²) < 4.78 is 62.7. The van der Waals surface area contributed by atoms with E-state index in [1.54, 1.807) is 4.90 Å². The van der Waals surface area contributed by atoms with Gasteiger partial charge in [0.15, 0.2) is 0 Å². The van der Waals surface area contributed by atoms with Gasteiger partial charge in [-0.25, -0.2) is 13.1 Å². The molecule has 0 aromatic heterocycles. The zero-order chi connectivity index (χ0) is 20.8. The van der Waals surface area contributed by atoms with Crippen LogP contribution in [0.15, 0.2) is 59.5 Å². The number of nitrogens with zero attached hydrogens (tertiary/aromatic N) is 1. The van der Waals surface area contributed by atoms with E-state index < -0.39 is 33.5 Å². The fourth-order valence-corrected chi connectivity index (χ4v) is 3.63. The number of benzene rings is 2. The Kier molecular flexibility index (Phi) is 7.20. The van der Waals surface area contributed by atoms with E-state index in [9.17, 15) is 26.4 Å². The van der Waals surface area contributed by atoms with Gasteiger partial charge >= 0.3 is 6.18 Å². The molecular formula is C19H21F3N2O3S. The van der Waals surface area contributed by atoms with Crippen LogP contribution in [0.5, 0.6) is 0 Å². The molecule has 0 aliphatic carbocycles. The van der Waals surface area contributed by atoms with Crippen molar-refractivity contribution in [3.63, 3.8) is 0 Å². The van der Waals surface area contributed by atoms with Gasteiger partial charge in [0.1, 0.15) is 6.54 Å². The summed E-state index contributed by atoms with van der Waals surface area (Å²) in [5.74, 6) is -0.390. The molecule has 0 saturated carbocycles. The van der Waals surface area contributed by atoms with E-state index in [1.165, 1.54) is 16.9 Å². The van der Waals surface area contributed by atoms with Crippen molar-refractivity contribution in [1.82, 2.24) is 9.62 Å². The first-order valence-corrected chi connectivity index (χ1v) is 10.1. The number of hydrogen-bond donors (Lipinski definition) is 1. The summed E-state index contributed by atoms with van der Waals surface area (Å²) in [6.07, 6.45) is -3.97. The molecule has 0 saturated heterocycles. The standard InChI is InChI=1S/C19H21F3N2O3S/c1-2-11-24(13-15-7-4-3-5-8-15)18(25)16-9-6-10-17(12-16)28(26,27)23-14-19(20,21)22/h3-10,12,23H,2,11,13-14H2,1H3. The van der Waals surface area contributed by atoms with Gasteiger partial charge in [0, 0.05) is 18.7 Å². The lowest BCUT2D eigenvalue weighted by Crippen LogP contribution is -2.34. The van der Waals surface area contributed by atoms with Gasteiger partial charge in [-0.15, -0.1) is 0 Å². The lowest BCUT2D eigenvalue weighted by Gasteiger charge is -2.22. The van der Waals surface area contributed by atoms with Gasteiger partial charge in [-0.1, -0.05) is 43.3 Å². The van der Waals surface area contributed by atoms with Crippen molar-refractivity contribution in [2.24, 2.45) is 0 Å². The Morgan fingerprint density at radius 1 is 1.07 bits per heavy atom. The quantitative estimate of drug-likeness (QED) is 0.718. The summed E-state index contributed by atoms with van der Waals surface area (Å²) in [6.45, 7) is 1.03. The molecular weight excluding hydrogens is 393 g/mol. The molecule has 0 atom stereocenters. The smallest absolute Gasteiger partial charge is 0.334 e. The number of hydrogen-bond acceptors (Lipinski definition) is 3. The van der Waals surface area contributed by atoms with Crippen LogP contribution >= 0.6 is 0 Å². The van der Waals surface area contributed by atoms with Crippen molar-refractivity contribution in [2.75, 3.05) is 13.1 Å². The predicted octanol–water partition coefficient (Wildman–Crippen LogP) is 3.58. The Morgan fingerprint density at radius 3 is 2.36 bits per heavy atom. The number of carbonyl (C=O) groups is 1. The third-order valence-electron chi connectivity index (χ3n) is 3.85. The minimum absolute atomic E-state index is 0.0965. The van der Waals surface area contributed by atoms with E-state index in [4.69, 9.17) is 0 Å². The molecule has 5 nitrogen and oxygen atoms in total. The SMILES string of the molecule is CCCN(Cc1ccccc1)C(=O)c1cccc(S(=O)(=O)NCC(F)(F)F)c1. The van der Waals surface area contributed by atoms with Gasteiger partial charge in [-0.05, 0) is 30.2 Å². The van der Waals surface area contributed by atoms with Gasteiger partial charge in [0.25, 0.3) is 5.91 Å². The van der Waals surface area contributed by atoms with Gasteiger partial charge < -0.3 is 4.90 Å². The second-order valence-corrected chi connectivity index (χ2v) is 7.95. The maximum Gasteiger partial charge on any atom is 0.402 e. The van der Waals surface area contributed by atoms with Crippen molar-refractivity contribution in [1.29, 1.82) is 0 Å². The number of carbonyl (C=O) groups excluding carboxylic acids is 1. The third-order valence-corrected chi connectivity index (χ3v) is 5.25.